The predicted octanol–water partition coefficient (Wildman–Crippen LogP) is 3.77. The molecule has 1 atom stereocenters. The van der Waals surface area contributed by atoms with Gasteiger partial charge in [-0.15, -0.1) is 0 Å². The van der Waals surface area contributed by atoms with Gasteiger partial charge in [0.2, 0.25) is 0 Å². The molecule has 0 aliphatic carbocycles. The van der Waals surface area contributed by atoms with Gasteiger partial charge in [0, 0.05) is 29.5 Å². The number of aliphatic carboxylic acids is 2. The van der Waals surface area contributed by atoms with Gasteiger partial charge in [-0.05, 0) is 56.1 Å². The van der Waals surface area contributed by atoms with E-state index in [1.807, 2.05) is 24.3 Å². The Morgan fingerprint density at radius 1 is 0.967 bits per heavy atom. The highest BCUT2D eigenvalue weighted by atomic mass is 16.5. The molecule has 0 saturated carbocycles. The maximum Gasteiger partial charge on any atom is 0.328 e. The van der Waals surface area contributed by atoms with E-state index in [0.717, 1.165) is 40.2 Å². The highest BCUT2D eigenvalue weighted by Crippen LogP contribution is 2.34. The van der Waals surface area contributed by atoms with Crippen LogP contribution in [0.3, 0.4) is 0 Å². The molecule has 1 unspecified atom stereocenters. The molecule has 3 saturated heterocycles. The van der Waals surface area contributed by atoms with E-state index < -0.39 is 11.9 Å². The molecule has 0 amide bonds. The third-order valence-electron chi connectivity index (χ3n) is 5.60. The first-order chi connectivity index (χ1) is 14.5. The third-order valence-corrected chi connectivity index (χ3v) is 5.60. The molecule has 3 aliphatic heterocycles. The summed E-state index contributed by atoms with van der Waals surface area (Å²) in [6, 6.07) is 14.4. The van der Waals surface area contributed by atoms with Crippen LogP contribution < -0.4 is 4.74 Å². The van der Waals surface area contributed by atoms with Crippen LogP contribution in [0, 0.1) is 5.92 Å². The first-order valence-electron chi connectivity index (χ1n) is 9.94. The van der Waals surface area contributed by atoms with Crippen LogP contribution >= 0.6 is 0 Å². The normalized spacial score (nSPS) is 22.7. The van der Waals surface area contributed by atoms with Crippen molar-refractivity contribution in [1.82, 2.24) is 4.90 Å². The second-order valence-electron chi connectivity index (χ2n) is 7.56. The van der Waals surface area contributed by atoms with Crippen LogP contribution in [0.2, 0.25) is 0 Å². The lowest BCUT2D eigenvalue weighted by atomic mass is 9.86. The topological polar surface area (TPSA) is 100 Å². The molecular weight excluding hydrogens is 386 g/mol. The second-order valence-corrected chi connectivity index (χ2v) is 7.56. The largest absolute Gasteiger partial charge is 0.489 e. The third kappa shape index (κ3) is 4.46. The van der Waals surface area contributed by atoms with Crippen LogP contribution in [0.25, 0.3) is 21.9 Å². The van der Waals surface area contributed by atoms with Crippen molar-refractivity contribution in [2.24, 2.45) is 5.92 Å². The number of hydrogen-bond acceptors (Lipinski definition) is 5. The fourth-order valence-electron chi connectivity index (χ4n) is 4.14. The smallest absolute Gasteiger partial charge is 0.328 e. The van der Waals surface area contributed by atoms with Crippen LogP contribution in [0.1, 0.15) is 12.8 Å². The van der Waals surface area contributed by atoms with E-state index in [1.165, 1.54) is 25.9 Å². The van der Waals surface area contributed by atoms with Crippen molar-refractivity contribution in [3.63, 3.8) is 0 Å². The van der Waals surface area contributed by atoms with Gasteiger partial charge in [0.1, 0.15) is 23.0 Å². The number of carboxylic acids is 2. The number of para-hydroxylation sites is 1. The lowest BCUT2D eigenvalue weighted by Crippen LogP contribution is -2.52. The quantitative estimate of drug-likeness (QED) is 0.633. The van der Waals surface area contributed by atoms with Gasteiger partial charge < -0.3 is 19.4 Å². The van der Waals surface area contributed by atoms with E-state index in [9.17, 15) is 9.59 Å². The second kappa shape index (κ2) is 8.59. The molecule has 30 heavy (non-hydrogen) atoms. The molecule has 3 aliphatic rings. The van der Waals surface area contributed by atoms with Crippen molar-refractivity contribution in [2.45, 2.75) is 18.9 Å². The molecule has 2 bridgehead atoms. The molecule has 3 aromatic rings. The Hall–Kier alpha value is -3.32. The Labute approximate surface area is 173 Å². The average molecular weight is 409 g/mol. The number of fused-ring (bicyclic) bond motifs is 6. The zero-order valence-corrected chi connectivity index (χ0v) is 16.4. The van der Waals surface area contributed by atoms with Gasteiger partial charge in [0.25, 0.3) is 0 Å². The monoisotopic (exact) mass is 409 g/mol. The Bertz CT molecular complexity index is 1080. The maximum atomic E-state index is 9.55. The van der Waals surface area contributed by atoms with Crippen molar-refractivity contribution in [1.29, 1.82) is 0 Å². The summed E-state index contributed by atoms with van der Waals surface area (Å²) >= 11 is 0. The molecule has 156 valence electrons. The summed E-state index contributed by atoms with van der Waals surface area (Å²) in [6.45, 7) is 3.57. The molecule has 0 radical (unpaired) electrons. The van der Waals surface area contributed by atoms with Gasteiger partial charge in [-0.25, -0.2) is 9.59 Å². The lowest BCUT2D eigenvalue weighted by Gasteiger charge is -2.44. The lowest BCUT2D eigenvalue weighted by molar-refractivity contribution is -0.134. The van der Waals surface area contributed by atoms with E-state index in [1.54, 1.807) is 0 Å². The van der Waals surface area contributed by atoms with Crippen LogP contribution in [0.4, 0.5) is 0 Å². The summed E-state index contributed by atoms with van der Waals surface area (Å²) in [7, 11) is 0. The van der Waals surface area contributed by atoms with Gasteiger partial charge in [-0.3, -0.25) is 4.90 Å². The van der Waals surface area contributed by atoms with Crippen molar-refractivity contribution < 1.29 is 29.0 Å². The molecule has 2 aromatic carbocycles. The van der Waals surface area contributed by atoms with Crippen LogP contribution in [0.5, 0.6) is 5.75 Å². The first-order valence-corrected chi connectivity index (χ1v) is 9.94. The molecule has 3 fully saturated rings. The number of carboxylic acid groups (broad SMARTS) is 2. The van der Waals surface area contributed by atoms with E-state index in [2.05, 4.69) is 23.1 Å². The van der Waals surface area contributed by atoms with Crippen molar-refractivity contribution in [3.8, 4) is 5.75 Å². The fourth-order valence-corrected chi connectivity index (χ4v) is 4.14. The molecule has 0 spiro atoms. The number of ether oxygens (including phenoxy) is 1. The number of rotatable bonds is 4. The first kappa shape index (κ1) is 20.0. The zero-order chi connectivity index (χ0) is 21.1. The minimum atomic E-state index is -1.26. The summed E-state index contributed by atoms with van der Waals surface area (Å²) in [6.07, 6.45) is 4.02. The number of benzene rings is 2. The van der Waals surface area contributed by atoms with E-state index in [0.29, 0.717) is 18.3 Å². The standard InChI is InChI=1S/C19H19NO2.C4H4O4/c1-2-4-17-15(3-1)16-11-14(5-6-18(16)22-17)21-19-12-20-9-7-13(19)8-10-20;5-3(6)1-2-4(7)8/h1-6,11,13,19H,7-10,12H2;1-2H,(H,5,6)(H,7,8)/b;2-1+. The van der Waals surface area contributed by atoms with Gasteiger partial charge in [-0.2, -0.15) is 0 Å². The molecule has 2 N–H and O–H groups in total. The van der Waals surface area contributed by atoms with Crippen molar-refractivity contribution >= 4 is 33.9 Å². The summed E-state index contributed by atoms with van der Waals surface area (Å²) in [5, 5.41) is 17.9. The molecule has 7 heteroatoms. The maximum absolute atomic E-state index is 9.55. The molecule has 6 rings (SSSR count). The molecular formula is C23H23NO6. The summed E-state index contributed by atoms with van der Waals surface area (Å²) in [5.74, 6) is -0.820. The summed E-state index contributed by atoms with van der Waals surface area (Å²) < 4.78 is 12.2. The fraction of sp³-hybridized carbons (Fsp3) is 0.304. The predicted molar refractivity (Wildman–Crippen MR) is 112 cm³/mol. The average Bonchev–Trinajstić information content (AvgIpc) is 3.12. The minimum Gasteiger partial charge on any atom is -0.489 e. The molecule has 4 heterocycles. The Morgan fingerprint density at radius 3 is 2.27 bits per heavy atom. The summed E-state index contributed by atoms with van der Waals surface area (Å²) in [5.41, 5.74) is 1.87. The Balaban J connectivity index is 0.000000235. The van der Waals surface area contributed by atoms with Crippen LogP contribution in [-0.4, -0.2) is 52.8 Å². The van der Waals surface area contributed by atoms with E-state index in [-0.39, 0.29) is 0 Å². The number of carbonyl (C=O) groups is 2. The van der Waals surface area contributed by atoms with Gasteiger partial charge in [-0.1, -0.05) is 18.2 Å². The molecule has 1 aromatic heterocycles. The zero-order valence-electron chi connectivity index (χ0n) is 16.4. The number of nitrogens with zero attached hydrogens (tertiary/aromatic N) is 1. The van der Waals surface area contributed by atoms with Gasteiger partial charge in [0.15, 0.2) is 0 Å². The molecule has 7 nitrogen and oxygen atoms in total. The number of furan rings is 1. The number of hydrogen-bond donors (Lipinski definition) is 2. The Morgan fingerprint density at radius 2 is 1.63 bits per heavy atom. The van der Waals surface area contributed by atoms with Crippen LogP contribution in [0.15, 0.2) is 59.0 Å². The summed E-state index contributed by atoms with van der Waals surface area (Å²) in [4.78, 5) is 21.6. The Kier molecular flexibility index (Phi) is 5.72. The van der Waals surface area contributed by atoms with Gasteiger partial charge >= 0.3 is 11.9 Å². The van der Waals surface area contributed by atoms with Gasteiger partial charge in [0.05, 0.1) is 0 Å². The minimum absolute atomic E-state index is 0.345. The SMILES string of the molecule is O=C(O)/C=C/C(=O)O.c1ccc2c(c1)oc1ccc(OC3CN4CCC3CC4)cc12. The van der Waals surface area contributed by atoms with Crippen LogP contribution in [-0.2, 0) is 9.59 Å². The van der Waals surface area contributed by atoms with E-state index >= 15 is 0 Å². The van der Waals surface area contributed by atoms with Crippen molar-refractivity contribution in [2.75, 3.05) is 19.6 Å². The highest BCUT2D eigenvalue weighted by Gasteiger charge is 2.35. The van der Waals surface area contributed by atoms with Crippen molar-refractivity contribution in [3.05, 3.63) is 54.6 Å². The van der Waals surface area contributed by atoms with E-state index in [4.69, 9.17) is 19.4 Å². The highest BCUT2D eigenvalue weighted by molar-refractivity contribution is 6.05. The number of piperidine rings is 3.